The summed E-state index contributed by atoms with van der Waals surface area (Å²) in [6.07, 6.45) is -0.125. The lowest BCUT2D eigenvalue weighted by Crippen LogP contribution is -2.34. The molecule has 6 rings (SSSR count). The van der Waals surface area contributed by atoms with Crippen molar-refractivity contribution in [1.29, 1.82) is 0 Å². The maximum absolute atomic E-state index is 12.5. The first-order valence-electron chi connectivity index (χ1n) is 11.8. The van der Waals surface area contributed by atoms with Crippen LogP contribution < -0.4 is 14.2 Å². The zero-order valence-corrected chi connectivity index (χ0v) is 21.7. The second kappa shape index (κ2) is 9.12. The van der Waals surface area contributed by atoms with Gasteiger partial charge in [0.1, 0.15) is 11.3 Å². The number of rotatable bonds is 5. The van der Waals surface area contributed by atoms with Crippen molar-refractivity contribution in [2.75, 3.05) is 14.2 Å². The van der Waals surface area contributed by atoms with Gasteiger partial charge in [0.05, 0.1) is 26.0 Å². The summed E-state index contributed by atoms with van der Waals surface area (Å²) in [5.74, 6) is 0.0373. The fourth-order valence-corrected chi connectivity index (χ4v) is 5.55. The summed E-state index contributed by atoms with van der Waals surface area (Å²) >= 11 is 3.58. The van der Waals surface area contributed by atoms with E-state index in [-0.39, 0.29) is 17.4 Å². The molecule has 1 N–H and O–H groups in total. The van der Waals surface area contributed by atoms with E-state index in [2.05, 4.69) is 46.3 Å². The van der Waals surface area contributed by atoms with Gasteiger partial charge in [0, 0.05) is 22.0 Å². The van der Waals surface area contributed by atoms with Crippen molar-refractivity contribution in [2.24, 2.45) is 5.10 Å². The summed E-state index contributed by atoms with van der Waals surface area (Å²) < 4.78 is 18.2. The highest BCUT2D eigenvalue weighted by Gasteiger charge is 2.43. The molecular weight excluding hydrogens is 536 g/mol. The first kappa shape index (κ1) is 23.4. The summed E-state index contributed by atoms with van der Waals surface area (Å²) in [7, 11) is 2.91. The Balaban J connectivity index is 1.51. The Labute approximate surface area is 222 Å². The number of hydrazone groups is 1. The Hall–Kier alpha value is -4.04. The first-order valence-corrected chi connectivity index (χ1v) is 12.6. The average Bonchev–Trinajstić information content (AvgIpc) is 3.37. The van der Waals surface area contributed by atoms with E-state index in [9.17, 15) is 9.90 Å². The van der Waals surface area contributed by atoms with E-state index in [1.54, 1.807) is 12.1 Å². The minimum absolute atomic E-state index is 0.0134. The largest absolute Gasteiger partial charge is 0.493 e. The van der Waals surface area contributed by atoms with Crippen LogP contribution in [0.1, 0.15) is 45.7 Å². The molecule has 0 saturated carbocycles. The molecule has 0 fully saturated rings. The fraction of sp³-hybridized carbons (Fsp3) is 0.172. The average molecular weight is 559 g/mol. The van der Waals surface area contributed by atoms with Gasteiger partial charge in [-0.3, -0.25) is 0 Å². The zero-order chi connectivity index (χ0) is 25.7. The molecular formula is C29H23BrN2O5. The van der Waals surface area contributed by atoms with Crippen molar-refractivity contribution < 1.29 is 24.1 Å². The molecule has 0 aliphatic carbocycles. The monoisotopic (exact) mass is 558 g/mol. The molecule has 2 aliphatic rings. The molecule has 37 heavy (non-hydrogen) atoms. The van der Waals surface area contributed by atoms with Crippen LogP contribution in [-0.2, 0) is 0 Å². The van der Waals surface area contributed by atoms with Crippen molar-refractivity contribution in [2.45, 2.75) is 18.7 Å². The SMILES string of the molecule is COc1ccc([C@H]2Oc3ccc(Br)cc3[C@H]3CC(c4ccc5ccccc5c4)=NN32)c(C(=O)O)c1OC. The third-order valence-corrected chi connectivity index (χ3v) is 7.39. The van der Waals surface area contributed by atoms with E-state index >= 15 is 0 Å². The number of carboxylic acid groups (broad SMARTS) is 1. The Morgan fingerprint density at radius 1 is 1.00 bits per heavy atom. The van der Waals surface area contributed by atoms with Crippen molar-refractivity contribution >= 4 is 38.4 Å². The van der Waals surface area contributed by atoms with E-state index < -0.39 is 12.2 Å². The molecule has 4 aromatic carbocycles. The van der Waals surface area contributed by atoms with Gasteiger partial charge in [0.2, 0.25) is 6.23 Å². The van der Waals surface area contributed by atoms with Crippen LogP contribution in [0.25, 0.3) is 10.8 Å². The molecule has 2 heterocycles. The van der Waals surface area contributed by atoms with Gasteiger partial charge in [0.25, 0.3) is 0 Å². The van der Waals surface area contributed by atoms with E-state index in [0.29, 0.717) is 23.5 Å². The standard InChI is InChI=1S/C29H23BrN2O5/c1-35-25-12-10-20(26(29(33)34)27(25)36-2)28-32-23(21-14-19(30)9-11-24(21)37-28)15-22(31-32)18-8-7-16-5-3-4-6-17(16)13-18/h3-14,23,28H,15H2,1-2H3,(H,33,34)/t23-,28-/m1/s1. The Morgan fingerprint density at radius 2 is 1.81 bits per heavy atom. The summed E-state index contributed by atoms with van der Waals surface area (Å²) in [6.45, 7) is 0. The predicted molar refractivity (Wildman–Crippen MR) is 144 cm³/mol. The maximum Gasteiger partial charge on any atom is 0.340 e. The lowest BCUT2D eigenvalue weighted by molar-refractivity contribution is -0.0199. The van der Waals surface area contributed by atoms with E-state index in [4.69, 9.17) is 19.3 Å². The molecule has 0 radical (unpaired) electrons. The van der Waals surface area contributed by atoms with Crippen LogP contribution in [0, 0.1) is 0 Å². The second-order valence-electron chi connectivity index (χ2n) is 8.93. The quantitative estimate of drug-likeness (QED) is 0.298. The van der Waals surface area contributed by atoms with Crippen LogP contribution in [0.15, 0.2) is 82.4 Å². The number of hydrogen-bond donors (Lipinski definition) is 1. The van der Waals surface area contributed by atoms with Crippen LogP contribution >= 0.6 is 15.9 Å². The molecule has 0 amide bonds. The highest BCUT2D eigenvalue weighted by Crippen LogP contribution is 2.50. The molecule has 0 aromatic heterocycles. The lowest BCUT2D eigenvalue weighted by Gasteiger charge is -2.38. The van der Waals surface area contributed by atoms with Crippen molar-refractivity contribution in [3.63, 3.8) is 0 Å². The number of methoxy groups -OCH3 is 2. The van der Waals surface area contributed by atoms with Crippen LogP contribution in [0.2, 0.25) is 0 Å². The van der Waals surface area contributed by atoms with Gasteiger partial charge in [-0.25, -0.2) is 9.80 Å². The summed E-state index contributed by atoms with van der Waals surface area (Å²) in [5.41, 5.74) is 3.35. The van der Waals surface area contributed by atoms with E-state index in [0.717, 1.165) is 32.1 Å². The number of carbonyl (C=O) groups is 1. The van der Waals surface area contributed by atoms with Gasteiger partial charge >= 0.3 is 5.97 Å². The molecule has 0 saturated heterocycles. The molecule has 0 bridgehead atoms. The van der Waals surface area contributed by atoms with E-state index in [1.807, 2.05) is 35.3 Å². The number of benzene rings is 4. The van der Waals surface area contributed by atoms with Gasteiger partial charge in [-0.1, -0.05) is 52.3 Å². The van der Waals surface area contributed by atoms with Gasteiger partial charge in [0.15, 0.2) is 11.5 Å². The zero-order valence-electron chi connectivity index (χ0n) is 20.1. The van der Waals surface area contributed by atoms with Crippen molar-refractivity contribution in [1.82, 2.24) is 5.01 Å². The lowest BCUT2D eigenvalue weighted by atomic mass is 9.94. The normalized spacial score (nSPS) is 18.0. The maximum atomic E-state index is 12.5. The number of hydrogen-bond acceptors (Lipinski definition) is 6. The number of ether oxygens (including phenoxy) is 3. The molecule has 186 valence electrons. The molecule has 2 atom stereocenters. The summed E-state index contributed by atoms with van der Waals surface area (Å²) in [6, 6.07) is 23.7. The molecule has 4 aromatic rings. The molecule has 0 spiro atoms. The van der Waals surface area contributed by atoms with Crippen molar-refractivity contribution in [3.8, 4) is 17.2 Å². The Bertz CT molecular complexity index is 1580. The van der Waals surface area contributed by atoms with Gasteiger partial charge in [-0.05, 0) is 52.7 Å². The molecule has 0 unspecified atom stereocenters. The second-order valence-corrected chi connectivity index (χ2v) is 9.85. The highest BCUT2D eigenvalue weighted by molar-refractivity contribution is 9.10. The van der Waals surface area contributed by atoms with Crippen LogP contribution in [-0.4, -0.2) is 36.0 Å². The number of fused-ring (bicyclic) bond motifs is 4. The predicted octanol–water partition coefficient (Wildman–Crippen LogP) is 6.56. The third kappa shape index (κ3) is 3.88. The minimum Gasteiger partial charge on any atom is -0.493 e. The Morgan fingerprint density at radius 3 is 2.57 bits per heavy atom. The third-order valence-electron chi connectivity index (χ3n) is 6.89. The summed E-state index contributed by atoms with van der Waals surface area (Å²) in [5, 5.41) is 19.4. The Kier molecular flexibility index (Phi) is 5.76. The number of nitrogens with zero attached hydrogens (tertiary/aromatic N) is 2. The molecule has 2 aliphatic heterocycles. The number of carboxylic acids is 1. The summed E-state index contributed by atoms with van der Waals surface area (Å²) in [4.78, 5) is 12.5. The molecule has 8 heteroatoms. The highest BCUT2D eigenvalue weighted by atomic mass is 79.9. The van der Waals surface area contributed by atoms with Gasteiger partial charge in [-0.15, -0.1) is 0 Å². The van der Waals surface area contributed by atoms with Crippen LogP contribution in [0.3, 0.4) is 0 Å². The number of aromatic carboxylic acids is 1. The van der Waals surface area contributed by atoms with E-state index in [1.165, 1.54) is 14.2 Å². The smallest absolute Gasteiger partial charge is 0.340 e. The molecule has 7 nitrogen and oxygen atoms in total. The topological polar surface area (TPSA) is 80.6 Å². The first-order chi connectivity index (χ1) is 18.0. The van der Waals surface area contributed by atoms with Crippen molar-refractivity contribution in [3.05, 3.63) is 99.5 Å². The van der Waals surface area contributed by atoms with Crippen LogP contribution in [0.4, 0.5) is 0 Å². The van der Waals surface area contributed by atoms with Gasteiger partial charge < -0.3 is 19.3 Å². The minimum atomic E-state index is -1.13. The van der Waals surface area contributed by atoms with Gasteiger partial charge in [-0.2, -0.15) is 5.10 Å². The van der Waals surface area contributed by atoms with Crippen LogP contribution in [0.5, 0.6) is 17.2 Å². The fourth-order valence-electron chi connectivity index (χ4n) is 5.18. The number of halogens is 1.